The van der Waals surface area contributed by atoms with Crippen molar-refractivity contribution in [2.24, 2.45) is 5.92 Å². The van der Waals surface area contributed by atoms with Gasteiger partial charge in [-0.3, -0.25) is 4.79 Å². The number of pyridine rings is 1. The molecule has 0 radical (unpaired) electrons. The number of nitrogens with zero attached hydrogens (tertiary/aromatic N) is 3. The Kier molecular flexibility index (Phi) is 8.64. The lowest BCUT2D eigenvalue weighted by Crippen LogP contribution is -2.45. The summed E-state index contributed by atoms with van der Waals surface area (Å²) >= 11 is 0. The molecule has 0 unspecified atom stereocenters. The largest absolute Gasteiger partial charge is 0.356 e. The van der Waals surface area contributed by atoms with Crippen LogP contribution in [0.5, 0.6) is 0 Å². The molecule has 0 bridgehead atoms. The topological polar surface area (TPSA) is 48.5 Å². The van der Waals surface area contributed by atoms with Crippen molar-refractivity contribution in [2.45, 2.75) is 51.0 Å². The molecule has 2 aliphatic heterocycles. The van der Waals surface area contributed by atoms with Crippen molar-refractivity contribution >= 4 is 36.5 Å². The van der Waals surface area contributed by atoms with Crippen molar-refractivity contribution in [1.82, 2.24) is 15.2 Å². The minimum atomic E-state index is 0. The quantitative estimate of drug-likeness (QED) is 0.800. The molecular formula is C20H32Cl2N4O. The summed E-state index contributed by atoms with van der Waals surface area (Å²) in [6, 6.07) is 4.43. The highest BCUT2D eigenvalue weighted by Crippen LogP contribution is 2.28. The predicted octanol–water partition coefficient (Wildman–Crippen LogP) is 3.52. The van der Waals surface area contributed by atoms with E-state index in [0.29, 0.717) is 6.04 Å². The lowest BCUT2D eigenvalue weighted by Gasteiger charge is -2.34. The van der Waals surface area contributed by atoms with Crippen LogP contribution < -0.4 is 10.2 Å². The van der Waals surface area contributed by atoms with Crippen LogP contribution in [-0.4, -0.2) is 54.6 Å². The number of hydrogen-bond donors (Lipinski definition) is 1. The smallest absolute Gasteiger partial charge is 0.257 e. The van der Waals surface area contributed by atoms with Crippen LogP contribution in [0.4, 0.5) is 5.82 Å². The third-order valence-electron chi connectivity index (χ3n) is 5.85. The van der Waals surface area contributed by atoms with E-state index in [0.717, 1.165) is 56.3 Å². The number of piperidine rings is 2. The summed E-state index contributed by atoms with van der Waals surface area (Å²) < 4.78 is 0. The first-order valence-corrected chi connectivity index (χ1v) is 10.0. The van der Waals surface area contributed by atoms with Gasteiger partial charge in [0.05, 0.1) is 5.56 Å². The van der Waals surface area contributed by atoms with Gasteiger partial charge in [0.2, 0.25) is 0 Å². The van der Waals surface area contributed by atoms with Crippen LogP contribution in [0.3, 0.4) is 0 Å². The number of hydrogen-bond acceptors (Lipinski definition) is 4. The Morgan fingerprint density at radius 3 is 2.41 bits per heavy atom. The maximum absolute atomic E-state index is 13.1. The number of amides is 1. The molecule has 3 fully saturated rings. The van der Waals surface area contributed by atoms with Gasteiger partial charge < -0.3 is 15.1 Å². The van der Waals surface area contributed by atoms with Crippen LogP contribution in [0.25, 0.3) is 0 Å². The van der Waals surface area contributed by atoms with Crippen molar-refractivity contribution in [1.29, 1.82) is 0 Å². The third-order valence-corrected chi connectivity index (χ3v) is 5.85. The molecule has 152 valence electrons. The van der Waals surface area contributed by atoms with Gasteiger partial charge in [0.1, 0.15) is 5.82 Å². The number of nitrogens with one attached hydrogen (secondary N) is 1. The van der Waals surface area contributed by atoms with Crippen LogP contribution in [-0.2, 0) is 0 Å². The molecule has 5 nitrogen and oxygen atoms in total. The highest BCUT2D eigenvalue weighted by molar-refractivity contribution is 5.99. The van der Waals surface area contributed by atoms with Gasteiger partial charge in [0, 0.05) is 38.4 Å². The second-order valence-corrected chi connectivity index (χ2v) is 7.84. The van der Waals surface area contributed by atoms with Crippen molar-refractivity contribution in [3.8, 4) is 0 Å². The molecule has 1 aromatic rings. The first kappa shape index (κ1) is 22.3. The summed E-state index contributed by atoms with van der Waals surface area (Å²) in [6.45, 7) is 4.92. The average molecular weight is 415 g/mol. The van der Waals surface area contributed by atoms with Gasteiger partial charge in [0.25, 0.3) is 5.91 Å². The van der Waals surface area contributed by atoms with E-state index in [1.165, 1.54) is 38.6 Å². The third kappa shape index (κ3) is 5.72. The van der Waals surface area contributed by atoms with Crippen molar-refractivity contribution in [3.05, 3.63) is 23.9 Å². The Morgan fingerprint density at radius 2 is 1.74 bits per heavy atom. The van der Waals surface area contributed by atoms with Gasteiger partial charge in [-0.25, -0.2) is 4.98 Å². The van der Waals surface area contributed by atoms with Gasteiger partial charge >= 0.3 is 0 Å². The van der Waals surface area contributed by atoms with Gasteiger partial charge in [-0.1, -0.05) is 0 Å². The molecule has 0 aromatic carbocycles. The Labute approximate surface area is 175 Å². The molecule has 0 spiro atoms. The fourth-order valence-electron chi connectivity index (χ4n) is 4.03. The Morgan fingerprint density at radius 1 is 1.04 bits per heavy atom. The Bertz CT molecular complexity index is 597. The molecule has 1 amide bonds. The summed E-state index contributed by atoms with van der Waals surface area (Å²) in [5.74, 6) is 1.97. The van der Waals surface area contributed by atoms with E-state index < -0.39 is 0 Å². The number of likely N-dealkylation sites (tertiary alicyclic amines) is 1. The molecule has 1 aromatic heterocycles. The Balaban J connectivity index is 0.00000131. The molecule has 4 rings (SSSR count). The standard InChI is InChI=1S/C20H30N4O.2ClH/c25-20(24-13-8-17(9-14-24)22-15-16-6-7-16)18-5-4-10-21-19(18)23-11-2-1-3-12-23;;/h4-5,10,16-17,22H,1-3,6-9,11-15H2;2*1H. The van der Waals surface area contributed by atoms with Crippen LogP contribution in [0.1, 0.15) is 55.3 Å². The molecule has 1 N–H and O–H groups in total. The molecule has 3 heterocycles. The number of carbonyl (C=O) groups is 1. The first-order chi connectivity index (χ1) is 12.3. The SMILES string of the molecule is Cl.Cl.O=C(c1cccnc1N1CCCCC1)N1CCC(NCC2CC2)CC1. The molecule has 3 aliphatic rings. The lowest BCUT2D eigenvalue weighted by atomic mass is 10.0. The zero-order chi connectivity index (χ0) is 17.1. The fourth-order valence-corrected chi connectivity index (χ4v) is 4.03. The van der Waals surface area contributed by atoms with E-state index in [9.17, 15) is 4.79 Å². The van der Waals surface area contributed by atoms with E-state index in [-0.39, 0.29) is 30.7 Å². The summed E-state index contributed by atoms with van der Waals surface area (Å²) in [5, 5.41) is 3.69. The summed E-state index contributed by atoms with van der Waals surface area (Å²) in [7, 11) is 0. The second kappa shape index (κ2) is 10.5. The van der Waals surface area contributed by atoms with Gasteiger partial charge in [-0.15, -0.1) is 24.8 Å². The number of aromatic nitrogens is 1. The highest BCUT2D eigenvalue weighted by atomic mass is 35.5. The normalized spacial score (nSPS) is 20.6. The molecule has 1 aliphatic carbocycles. The Hall–Kier alpha value is -1.04. The van der Waals surface area contributed by atoms with Crippen molar-refractivity contribution in [2.75, 3.05) is 37.6 Å². The van der Waals surface area contributed by atoms with E-state index in [2.05, 4.69) is 15.2 Å². The molecule has 1 saturated carbocycles. The number of anilines is 1. The minimum Gasteiger partial charge on any atom is -0.356 e. The number of carbonyl (C=O) groups excluding carboxylic acids is 1. The summed E-state index contributed by atoms with van der Waals surface area (Å²) in [4.78, 5) is 22.0. The molecular weight excluding hydrogens is 383 g/mol. The highest BCUT2D eigenvalue weighted by Gasteiger charge is 2.28. The first-order valence-electron chi connectivity index (χ1n) is 10.0. The van der Waals surface area contributed by atoms with E-state index in [1.54, 1.807) is 0 Å². The van der Waals surface area contributed by atoms with Crippen LogP contribution in [0.2, 0.25) is 0 Å². The minimum absolute atomic E-state index is 0. The monoisotopic (exact) mass is 414 g/mol. The maximum Gasteiger partial charge on any atom is 0.257 e. The van der Waals surface area contributed by atoms with Crippen molar-refractivity contribution in [3.63, 3.8) is 0 Å². The second-order valence-electron chi connectivity index (χ2n) is 7.84. The average Bonchev–Trinajstić information content (AvgIpc) is 3.51. The fraction of sp³-hybridized carbons (Fsp3) is 0.700. The summed E-state index contributed by atoms with van der Waals surface area (Å²) in [6.07, 6.45) is 10.4. The maximum atomic E-state index is 13.1. The molecule has 2 saturated heterocycles. The lowest BCUT2D eigenvalue weighted by molar-refractivity contribution is 0.0705. The zero-order valence-electron chi connectivity index (χ0n) is 15.9. The zero-order valence-corrected chi connectivity index (χ0v) is 17.6. The van der Waals surface area contributed by atoms with E-state index in [4.69, 9.17) is 0 Å². The van der Waals surface area contributed by atoms with Crippen LogP contribution >= 0.6 is 24.8 Å². The molecule has 27 heavy (non-hydrogen) atoms. The van der Waals surface area contributed by atoms with Gasteiger partial charge in [0.15, 0.2) is 0 Å². The van der Waals surface area contributed by atoms with Gasteiger partial charge in [-0.2, -0.15) is 0 Å². The summed E-state index contributed by atoms with van der Waals surface area (Å²) in [5.41, 5.74) is 0.786. The van der Waals surface area contributed by atoms with Crippen LogP contribution in [0, 0.1) is 5.92 Å². The van der Waals surface area contributed by atoms with Crippen LogP contribution in [0.15, 0.2) is 18.3 Å². The van der Waals surface area contributed by atoms with Crippen molar-refractivity contribution < 1.29 is 4.79 Å². The number of rotatable bonds is 5. The molecule has 0 atom stereocenters. The predicted molar refractivity (Wildman–Crippen MR) is 114 cm³/mol. The molecule has 7 heteroatoms. The van der Waals surface area contributed by atoms with Gasteiger partial charge in [-0.05, 0) is 69.5 Å². The number of halogens is 2. The van der Waals surface area contributed by atoms with E-state index >= 15 is 0 Å². The van der Waals surface area contributed by atoms with E-state index in [1.807, 2.05) is 23.2 Å².